The average molecular weight is 448 g/mol. The van der Waals surface area contributed by atoms with Crippen LogP contribution < -0.4 is 9.64 Å². The van der Waals surface area contributed by atoms with Gasteiger partial charge in [-0.2, -0.15) is 0 Å². The highest BCUT2D eigenvalue weighted by Gasteiger charge is 2.47. The largest absolute Gasteiger partial charge is 0.507 e. The van der Waals surface area contributed by atoms with Crippen molar-refractivity contribution in [1.82, 2.24) is 0 Å². The minimum Gasteiger partial charge on any atom is -0.507 e. The number of hydrogen-bond acceptors (Lipinski definition) is 5. The first-order chi connectivity index (χ1) is 15.5. The predicted octanol–water partition coefficient (Wildman–Crippen LogP) is 5.64. The molecule has 5 nitrogen and oxygen atoms in total. The zero-order valence-electron chi connectivity index (χ0n) is 18.3. The van der Waals surface area contributed by atoms with Gasteiger partial charge in [0.2, 0.25) is 0 Å². The van der Waals surface area contributed by atoms with Crippen LogP contribution in [0.2, 0.25) is 0 Å². The highest BCUT2D eigenvalue weighted by molar-refractivity contribution is 7.10. The van der Waals surface area contributed by atoms with Gasteiger partial charge in [-0.15, -0.1) is 11.3 Å². The summed E-state index contributed by atoms with van der Waals surface area (Å²) in [6, 6.07) is 15.9. The van der Waals surface area contributed by atoms with Gasteiger partial charge in [-0.25, -0.2) is 0 Å². The van der Waals surface area contributed by atoms with Gasteiger partial charge in [0.05, 0.1) is 12.2 Å². The molecule has 0 spiro atoms. The molecule has 0 radical (unpaired) electrons. The quantitative estimate of drug-likeness (QED) is 0.301. The van der Waals surface area contributed by atoms with Crippen molar-refractivity contribution in [2.24, 2.45) is 0 Å². The molecule has 164 valence electrons. The summed E-state index contributed by atoms with van der Waals surface area (Å²) in [6.07, 6.45) is 0.880. The molecule has 0 aliphatic carbocycles. The Morgan fingerprint density at radius 1 is 1.09 bits per heavy atom. The molecule has 0 saturated carbocycles. The number of nitrogens with zero attached hydrogens (tertiary/aromatic N) is 1. The standard InChI is InChI=1S/C26H25NO4S/c1-4-17-8-11-19(12-9-17)27-23(21-7-6-14-32-21)22(25(29)26(27)30)24(28)18-10-13-20(31-5-2)16(3)15-18/h6-15,23,28H,4-5H2,1-3H3/b24-22-. The van der Waals surface area contributed by atoms with E-state index in [1.807, 2.05) is 55.6 Å². The maximum Gasteiger partial charge on any atom is 0.300 e. The van der Waals surface area contributed by atoms with Crippen molar-refractivity contribution in [2.45, 2.75) is 33.2 Å². The molecule has 1 aliphatic rings. The molecular weight excluding hydrogens is 422 g/mol. The number of carbonyl (C=O) groups is 2. The Hall–Kier alpha value is -3.38. The van der Waals surface area contributed by atoms with Crippen molar-refractivity contribution in [3.05, 3.63) is 87.1 Å². The molecule has 32 heavy (non-hydrogen) atoms. The van der Waals surface area contributed by atoms with Crippen LogP contribution in [0.4, 0.5) is 5.69 Å². The van der Waals surface area contributed by atoms with Crippen LogP contribution in [0.3, 0.4) is 0 Å². The number of aliphatic hydroxyl groups is 1. The normalized spacial score (nSPS) is 17.7. The van der Waals surface area contributed by atoms with E-state index in [4.69, 9.17) is 4.74 Å². The van der Waals surface area contributed by atoms with Gasteiger partial charge < -0.3 is 9.84 Å². The average Bonchev–Trinajstić information content (AvgIpc) is 3.42. The summed E-state index contributed by atoms with van der Waals surface area (Å²) in [6.45, 7) is 6.38. The van der Waals surface area contributed by atoms with E-state index in [1.165, 1.54) is 16.2 Å². The number of aryl methyl sites for hydroxylation is 2. The van der Waals surface area contributed by atoms with Crippen molar-refractivity contribution in [2.75, 3.05) is 11.5 Å². The number of amides is 1. The number of thiophene rings is 1. The van der Waals surface area contributed by atoms with E-state index in [0.717, 1.165) is 28.2 Å². The first kappa shape index (κ1) is 21.8. The monoisotopic (exact) mass is 447 g/mol. The van der Waals surface area contributed by atoms with E-state index < -0.39 is 17.7 Å². The minimum atomic E-state index is -0.688. The zero-order chi connectivity index (χ0) is 22.8. The second-order valence-corrected chi connectivity index (χ2v) is 8.60. The van der Waals surface area contributed by atoms with Crippen LogP contribution >= 0.6 is 11.3 Å². The Morgan fingerprint density at radius 3 is 2.44 bits per heavy atom. The molecule has 1 fully saturated rings. The van der Waals surface area contributed by atoms with Crippen molar-refractivity contribution in [3.8, 4) is 5.75 Å². The smallest absolute Gasteiger partial charge is 0.300 e. The lowest BCUT2D eigenvalue weighted by molar-refractivity contribution is -0.132. The van der Waals surface area contributed by atoms with Crippen molar-refractivity contribution >= 4 is 34.5 Å². The first-order valence-electron chi connectivity index (χ1n) is 10.6. The van der Waals surface area contributed by atoms with E-state index in [1.54, 1.807) is 18.2 Å². The fraction of sp³-hybridized carbons (Fsp3) is 0.231. The molecule has 3 aromatic rings. The second-order valence-electron chi connectivity index (χ2n) is 7.62. The Balaban J connectivity index is 1.85. The van der Waals surface area contributed by atoms with Crippen molar-refractivity contribution < 1.29 is 19.4 Å². The molecule has 6 heteroatoms. The number of hydrogen-bond donors (Lipinski definition) is 1. The summed E-state index contributed by atoms with van der Waals surface area (Å²) >= 11 is 1.45. The van der Waals surface area contributed by atoms with Gasteiger partial charge in [0.15, 0.2) is 0 Å². The molecule has 1 unspecified atom stereocenters. The fourth-order valence-corrected chi connectivity index (χ4v) is 4.80. The summed E-state index contributed by atoms with van der Waals surface area (Å²) in [4.78, 5) is 28.6. The Kier molecular flexibility index (Phi) is 6.15. The molecule has 1 atom stereocenters. The fourth-order valence-electron chi connectivity index (χ4n) is 3.98. The molecule has 4 rings (SSSR count). The lowest BCUT2D eigenvalue weighted by atomic mass is 9.98. The number of ether oxygens (including phenoxy) is 1. The van der Waals surface area contributed by atoms with Gasteiger partial charge in [-0.3, -0.25) is 14.5 Å². The van der Waals surface area contributed by atoms with Gasteiger partial charge in [0.1, 0.15) is 17.6 Å². The van der Waals surface area contributed by atoms with Crippen LogP contribution in [0.5, 0.6) is 5.75 Å². The van der Waals surface area contributed by atoms with Crippen LogP contribution in [-0.4, -0.2) is 23.4 Å². The molecule has 2 aromatic carbocycles. The Labute approximate surface area is 191 Å². The Morgan fingerprint density at radius 2 is 1.84 bits per heavy atom. The van der Waals surface area contributed by atoms with Crippen molar-refractivity contribution in [3.63, 3.8) is 0 Å². The molecule has 1 aromatic heterocycles. The lowest BCUT2D eigenvalue weighted by Crippen LogP contribution is -2.29. The van der Waals surface area contributed by atoms with Crippen LogP contribution in [0.25, 0.3) is 5.76 Å². The van der Waals surface area contributed by atoms with E-state index in [9.17, 15) is 14.7 Å². The van der Waals surface area contributed by atoms with Crippen LogP contribution in [0.1, 0.15) is 41.5 Å². The maximum atomic E-state index is 13.2. The number of benzene rings is 2. The highest BCUT2D eigenvalue weighted by Crippen LogP contribution is 2.43. The number of anilines is 1. The minimum absolute atomic E-state index is 0.0978. The summed E-state index contributed by atoms with van der Waals surface area (Å²) in [7, 11) is 0. The van der Waals surface area contributed by atoms with Crippen LogP contribution in [-0.2, 0) is 16.0 Å². The molecular formula is C26H25NO4S. The van der Waals surface area contributed by atoms with Gasteiger partial charge >= 0.3 is 0 Å². The van der Waals surface area contributed by atoms with Crippen LogP contribution in [0, 0.1) is 6.92 Å². The third-order valence-corrected chi connectivity index (χ3v) is 6.55. The molecule has 1 amide bonds. The van der Waals surface area contributed by atoms with E-state index >= 15 is 0 Å². The summed E-state index contributed by atoms with van der Waals surface area (Å²) in [5, 5.41) is 13.1. The summed E-state index contributed by atoms with van der Waals surface area (Å²) in [5.74, 6) is -0.792. The van der Waals surface area contributed by atoms with E-state index in [2.05, 4.69) is 6.92 Å². The topological polar surface area (TPSA) is 66.8 Å². The molecule has 1 saturated heterocycles. The second kappa shape index (κ2) is 9.01. The summed E-state index contributed by atoms with van der Waals surface area (Å²) < 4.78 is 5.58. The highest BCUT2D eigenvalue weighted by atomic mass is 32.1. The maximum absolute atomic E-state index is 13.2. The SMILES string of the molecule is CCOc1ccc(/C(O)=C2/C(=O)C(=O)N(c3ccc(CC)cc3)C2c2cccs2)cc1C. The predicted molar refractivity (Wildman–Crippen MR) is 127 cm³/mol. The number of aliphatic hydroxyl groups excluding tert-OH is 1. The van der Waals surface area contributed by atoms with Crippen LogP contribution in [0.15, 0.2) is 65.6 Å². The van der Waals surface area contributed by atoms with Gasteiger partial charge in [0.25, 0.3) is 11.7 Å². The van der Waals surface area contributed by atoms with E-state index in [-0.39, 0.29) is 11.3 Å². The number of Topliss-reactive ketones (excluding diaryl/α,β-unsaturated/α-hetero) is 1. The zero-order valence-corrected chi connectivity index (χ0v) is 19.1. The first-order valence-corrected chi connectivity index (χ1v) is 11.5. The summed E-state index contributed by atoms with van der Waals surface area (Å²) in [5.41, 5.74) is 3.19. The third kappa shape index (κ3) is 3.82. The van der Waals surface area contributed by atoms with Gasteiger partial charge in [-0.1, -0.05) is 25.1 Å². The number of rotatable bonds is 6. The van der Waals surface area contributed by atoms with Gasteiger partial charge in [0, 0.05) is 16.1 Å². The number of ketones is 1. The van der Waals surface area contributed by atoms with E-state index in [0.29, 0.717) is 17.9 Å². The molecule has 0 bridgehead atoms. The third-order valence-electron chi connectivity index (χ3n) is 5.63. The number of carbonyl (C=O) groups excluding carboxylic acids is 2. The molecule has 1 aliphatic heterocycles. The lowest BCUT2D eigenvalue weighted by Gasteiger charge is -2.24. The Bertz CT molecular complexity index is 1180. The van der Waals surface area contributed by atoms with Crippen molar-refractivity contribution in [1.29, 1.82) is 0 Å². The van der Waals surface area contributed by atoms with Gasteiger partial charge in [-0.05, 0) is 73.2 Å². The molecule has 2 heterocycles. The molecule has 1 N–H and O–H groups in total.